The van der Waals surface area contributed by atoms with Crippen LogP contribution in [0, 0.1) is 0 Å². The van der Waals surface area contributed by atoms with Gasteiger partial charge < -0.3 is 16.0 Å². The number of carbonyl (C=O) groups is 1. The van der Waals surface area contributed by atoms with Gasteiger partial charge in [0.2, 0.25) is 5.91 Å². The maximum atomic E-state index is 12.4. The van der Waals surface area contributed by atoms with E-state index in [2.05, 4.69) is 17.1 Å². The Morgan fingerprint density at radius 1 is 1.30 bits per heavy atom. The Kier molecular flexibility index (Phi) is 5.43. The van der Waals surface area contributed by atoms with Gasteiger partial charge in [-0.05, 0) is 58.4 Å². The van der Waals surface area contributed by atoms with E-state index < -0.39 is 0 Å². The van der Waals surface area contributed by atoms with E-state index in [9.17, 15) is 4.79 Å². The first kappa shape index (κ1) is 16.3. The van der Waals surface area contributed by atoms with Crippen LogP contribution in [0.15, 0.2) is 24.3 Å². The molecule has 4 nitrogen and oxygen atoms in total. The second-order valence-electron chi connectivity index (χ2n) is 5.78. The number of benzene rings is 1. The summed E-state index contributed by atoms with van der Waals surface area (Å²) in [5.41, 5.74) is 7.28. The minimum absolute atomic E-state index is 0.0514. The third-order valence-corrected chi connectivity index (χ3v) is 3.76. The molecule has 0 heterocycles. The first-order valence-electron chi connectivity index (χ1n) is 7.25. The van der Waals surface area contributed by atoms with Crippen LogP contribution in [-0.2, 0) is 4.79 Å². The molecule has 0 aromatic heterocycles. The minimum atomic E-state index is -0.213. The van der Waals surface area contributed by atoms with E-state index in [4.69, 9.17) is 5.73 Å². The molecule has 1 aromatic rings. The molecule has 0 aliphatic heterocycles. The van der Waals surface area contributed by atoms with Crippen LogP contribution in [0.2, 0.25) is 0 Å². The van der Waals surface area contributed by atoms with Gasteiger partial charge in [0, 0.05) is 23.5 Å². The molecule has 0 fully saturated rings. The van der Waals surface area contributed by atoms with Crippen LogP contribution in [-0.4, -0.2) is 24.0 Å². The lowest BCUT2D eigenvalue weighted by Crippen LogP contribution is -2.52. The van der Waals surface area contributed by atoms with Crippen molar-refractivity contribution in [2.45, 2.75) is 52.6 Å². The number of amides is 1. The van der Waals surface area contributed by atoms with Crippen molar-refractivity contribution in [2.75, 3.05) is 17.2 Å². The van der Waals surface area contributed by atoms with Crippen molar-refractivity contribution >= 4 is 17.3 Å². The molecule has 0 saturated carbocycles. The van der Waals surface area contributed by atoms with E-state index in [-0.39, 0.29) is 17.5 Å². The number of rotatable bonds is 6. The first-order valence-corrected chi connectivity index (χ1v) is 7.25. The average Bonchev–Trinajstić information content (AvgIpc) is 2.41. The normalized spacial score (nSPS) is 12.8. The molecular formula is C16H27N3O. The second kappa shape index (κ2) is 6.64. The zero-order chi connectivity index (χ0) is 15.3. The minimum Gasteiger partial charge on any atom is -0.399 e. The van der Waals surface area contributed by atoms with E-state index in [1.165, 1.54) is 0 Å². The zero-order valence-electron chi connectivity index (χ0n) is 13.2. The number of likely N-dealkylation sites (N-methyl/N-ethyl adjacent to an activating group) is 1. The fraction of sp³-hybridized carbons (Fsp3) is 0.562. The Labute approximate surface area is 122 Å². The van der Waals surface area contributed by atoms with Crippen molar-refractivity contribution in [3.05, 3.63) is 24.3 Å². The highest BCUT2D eigenvalue weighted by Gasteiger charge is 2.25. The van der Waals surface area contributed by atoms with Crippen LogP contribution in [0.5, 0.6) is 0 Å². The zero-order valence-corrected chi connectivity index (χ0v) is 13.2. The molecule has 3 N–H and O–H groups in total. The SMILES string of the molecule is CCN(c1ccc(N)cc1)C(C)C(=O)NC(C)(C)CC. The Bertz CT molecular complexity index is 440. The van der Waals surface area contributed by atoms with Crippen LogP contribution >= 0.6 is 0 Å². The Balaban J connectivity index is 2.84. The van der Waals surface area contributed by atoms with Crippen LogP contribution in [0.1, 0.15) is 41.0 Å². The summed E-state index contributed by atoms with van der Waals surface area (Å²) in [7, 11) is 0. The molecule has 4 heteroatoms. The summed E-state index contributed by atoms with van der Waals surface area (Å²) in [4.78, 5) is 14.5. The van der Waals surface area contributed by atoms with Gasteiger partial charge in [-0.3, -0.25) is 4.79 Å². The lowest BCUT2D eigenvalue weighted by molar-refractivity contribution is -0.123. The van der Waals surface area contributed by atoms with E-state index in [0.29, 0.717) is 0 Å². The second-order valence-corrected chi connectivity index (χ2v) is 5.78. The van der Waals surface area contributed by atoms with Gasteiger partial charge in [0.05, 0.1) is 0 Å². The van der Waals surface area contributed by atoms with Crippen LogP contribution in [0.25, 0.3) is 0 Å². The first-order chi connectivity index (χ1) is 9.30. The van der Waals surface area contributed by atoms with Crippen molar-refractivity contribution in [1.29, 1.82) is 0 Å². The van der Waals surface area contributed by atoms with Gasteiger partial charge in [-0.25, -0.2) is 0 Å². The molecule has 0 saturated heterocycles. The van der Waals surface area contributed by atoms with E-state index in [1.54, 1.807) is 0 Å². The molecular weight excluding hydrogens is 250 g/mol. The lowest BCUT2D eigenvalue weighted by atomic mass is 10.0. The van der Waals surface area contributed by atoms with Crippen molar-refractivity contribution < 1.29 is 4.79 Å². The molecule has 1 atom stereocenters. The summed E-state index contributed by atoms with van der Waals surface area (Å²) in [6.45, 7) is 10.9. The van der Waals surface area contributed by atoms with E-state index in [0.717, 1.165) is 24.3 Å². The highest BCUT2D eigenvalue weighted by molar-refractivity contribution is 5.85. The number of hydrogen-bond acceptors (Lipinski definition) is 3. The number of anilines is 2. The molecule has 1 rings (SSSR count). The third-order valence-electron chi connectivity index (χ3n) is 3.76. The molecule has 1 unspecified atom stereocenters. The van der Waals surface area contributed by atoms with E-state index >= 15 is 0 Å². The third kappa shape index (κ3) is 4.15. The standard InChI is InChI=1S/C16H27N3O/c1-6-16(4,5)18-15(20)12(3)19(7-2)14-10-8-13(17)9-11-14/h8-12H,6-7,17H2,1-5H3,(H,18,20). The maximum absolute atomic E-state index is 12.4. The van der Waals surface area contributed by atoms with E-state index in [1.807, 2.05) is 52.0 Å². The Morgan fingerprint density at radius 2 is 1.85 bits per heavy atom. The van der Waals surface area contributed by atoms with Gasteiger partial charge >= 0.3 is 0 Å². The Hall–Kier alpha value is -1.71. The van der Waals surface area contributed by atoms with Gasteiger partial charge in [-0.2, -0.15) is 0 Å². The number of carbonyl (C=O) groups excluding carboxylic acids is 1. The van der Waals surface area contributed by atoms with Crippen molar-refractivity contribution in [1.82, 2.24) is 5.32 Å². The molecule has 0 spiro atoms. The molecule has 0 aliphatic carbocycles. The van der Waals surface area contributed by atoms with Crippen LogP contribution < -0.4 is 16.0 Å². The maximum Gasteiger partial charge on any atom is 0.242 e. The van der Waals surface area contributed by atoms with Gasteiger partial charge in [-0.15, -0.1) is 0 Å². The van der Waals surface area contributed by atoms with Crippen LogP contribution in [0.4, 0.5) is 11.4 Å². The molecule has 112 valence electrons. The topological polar surface area (TPSA) is 58.4 Å². The lowest BCUT2D eigenvalue weighted by Gasteiger charge is -2.33. The predicted octanol–water partition coefficient (Wildman–Crippen LogP) is 2.79. The van der Waals surface area contributed by atoms with Crippen LogP contribution in [0.3, 0.4) is 0 Å². The monoisotopic (exact) mass is 277 g/mol. The summed E-state index contributed by atoms with van der Waals surface area (Å²) in [6, 6.07) is 7.41. The molecule has 1 aromatic carbocycles. The Morgan fingerprint density at radius 3 is 2.30 bits per heavy atom. The summed E-state index contributed by atoms with van der Waals surface area (Å²) in [5.74, 6) is 0.0514. The van der Waals surface area contributed by atoms with Crippen molar-refractivity contribution in [3.63, 3.8) is 0 Å². The summed E-state index contributed by atoms with van der Waals surface area (Å²) >= 11 is 0. The highest BCUT2D eigenvalue weighted by Crippen LogP contribution is 2.19. The smallest absolute Gasteiger partial charge is 0.242 e. The average molecular weight is 277 g/mol. The molecule has 1 amide bonds. The molecule has 0 aliphatic rings. The predicted molar refractivity (Wildman–Crippen MR) is 85.8 cm³/mol. The van der Waals surface area contributed by atoms with Crippen molar-refractivity contribution in [3.8, 4) is 0 Å². The summed E-state index contributed by atoms with van der Waals surface area (Å²) in [5, 5.41) is 3.10. The highest BCUT2D eigenvalue weighted by atomic mass is 16.2. The van der Waals surface area contributed by atoms with Crippen molar-refractivity contribution in [2.24, 2.45) is 0 Å². The number of nitrogens with two attached hydrogens (primary N) is 1. The quantitative estimate of drug-likeness (QED) is 0.786. The van der Waals surface area contributed by atoms with Gasteiger partial charge in [0.15, 0.2) is 0 Å². The fourth-order valence-electron chi connectivity index (χ4n) is 2.01. The van der Waals surface area contributed by atoms with Gasteiger partial charge in [0.1, 0.15) is 6.04 Å². The number of nitrogens with zero attached hydrogens (tertiary/aromatic N) is 1. The summed E-state index contributed by atoms with van der Waals surface area (Å²) < 4.78 is 0. The van der Waals surface area contributed by atoms with Gasteiger partial charge in [-0.1, -0.05) is 6.92 Å². The van der Waals surface area contributed by atoms with Gasteiger partial charge in [0.25, 0.3) is 0 Å². The summed E-state index contributed by atoms with van der Waals surface area (Å²) in [6.07, 6.45) is 0.902. The largest absolute Gasteiger partial charge is 0.399 e. The molecule has 20 heavy (non-hydrogen) atoms. The molecule has 0 bridgehead atoms. The number of hydrogen-bond donors (Lipinski definition) is 2. The number of nitrogens with one attached hydrogen (secondary N) is 1. The fourth-order valence-corrected chi connectivity index (χ4v) is 2.01. The molecule has 0 radical (unpaired) electrons. The number of nitrogen functional groups attached to an aromatic ring is 1.